The van der Waals surface area contributed by atoms with Gasteiger partial charge in [0.15, 0.2) is 0 Å². The van der Waals surface area contributed by atoms with Crippen LogP contribution in [0.25, 0.3) is 0 Å². The van der Waals surface area contributed by atoms with Crippen LogP contribution in [-0.4, -0.2) is 15.2 Å². The van der Waals surface area contributed by atoms with E-state index in [-0.39, 0.29) is 5.28 Å². The molecule has 0 amide bonds. The molecular formula is C10H11ClN4. The molecule has 0 unspecified atom stereocenters. The van der Waals surface area contributed by atoms with Gasteiger partial charge in [-0.2, -0.15) is 0 Å². The zero-order valence-corrected chi connectivity index (χ0v) is 8.83. The molecule has 2 aromatic rings. The van der Waals surface area contributed by atoms with Gasteiger partial charge in [-0.3, -0.25) is 5.10 Å². The first kappa shape index (κ1) is 10.1. The van der Waals surface area contributed by atoms with Gasteiger partial charge in [0.2, 0.25) is 5.28 Å². The van der Waals surface area contributed by atoms with Gasteiger partial charge in [-0.15, -0.1) is 5.10 Å². The number of nitrogens with one attached hydrogen (secondary N) is 1. The Morgan fingerprint density at radius 2 is 1.87 bits per heavy atom. The van der Waals surface area contributed by atoms with Crippen molar-refractivity contribution in [3.05, 3.63) is 46.5 Å². The Hall–Kier alpha value is -1.39. The number of hydrogen-bond acceptors (Lipinski definition) is 3. The lowest BCUT2D eigenvalue weighted by Crippen LogP contribution is -1.97. The Kier molecular flexibility index (Phi) is 2.99. The number of halogens is 1. The highest BCUT2D eigenvalue weighted by atomic mass is 35.5. The minimum Gasteiger partial charge on any atom is -0.326 e. The van der Waals surface area contributed by atoms with Gasteiger partial charge in [0.25, 0.3) is 0 Å². The van der Waals surface area contributed by atoms with Crippen LogP contribution in [0.2, 0.25) is 5.28 Å². The van der Waals surface area contributed by atoms with Crippen LogP contribution in [0.3, 0.4) is 0 Å². The number of nitrogens with two attached hydrogens (primary N) is 1. The summed E-state index contributed by atoms with van der Waals surface area (Å²) in [6.07, 6.45) is 0.699. The van der Waals surface area contributed by atoms with Crippen molar-refractivity contribution in [3.8, 4) is 0 Å². The summed E-state index contributed by atoms with van der Waals surface area (Å²) in [5.74, 6) is 0.764. The van der Waals surface area contributed by atoms with E-state index in [1.165, 1.54) is 0 Å². The Labute approximate surface area is 92.5 Å². The van der Waals surface area contributed by atoms with Gasteiger partial charge in [-0.05, 0) is 22.7 Å². The lowest BCUT2D eigenvalue weighted by molar-refractivity contribution is 0.969. The van der Waals surface area contributed by atoms with E-state index in [4.69, 9.17) is 17.3 Å². The zero-order chi connectivity index (χ0) is 10.7. The molecule has 0 aliphatic rings. The summed E-state index contributed by atoms with van der Waals surface area (Å²) in [6.45, 7) is 0.564. The van der Waals surface area contributed by atoms with Crippen LogP contribution in [0.4, 0.5) is 0 Å². The third-order valence-corrected chi connectivity index (χ3v) is 2.30. The van der Waals surface area contributed by atoms with Gasteiger partial charge >= 0.3 is 0 Å². The molecule has 4 nitrogen and oxygen atoms in total. The Morgan fingerprint density at radius 3 is 2.40 bits per heavy atom. The maximum Gasteiger partial charge on any atom is 0.242 e. The molecule has 15 heavy (non-hydrogen) atoms. The molecule has 1 aromatic carbocycles. The van der Waals surface area contributed by atoms with Crippen molar-refractivity contribution < 1.29 is 0 Å². The first-order valence-electron chi connectivity index (χ1n) is 4.62. The van der Waals surface area contributed by atoms with E-state index in [1.54, 1.807) is 0 Å². The minimum atomic E-state index is 0.253. The van der Waals surface area contributed by atoms with Crippen LogP contribution in [0.15, 0.2) is 24.3 Å². The smallest absolute Gasteiger partial charge is 0.242 e. The molecule has 0 bridgehead atoms. The van der Waals surface area contributed by atoms with Crippen LogP contribution >= 0.6 is 11.6 Å². The minimum absolute atomic E-state index is 0.253. The fourth-order valence-corrected chi connectivity index (χ4v) is 1.48. The predicted octanol–water partition coefficient (Wildman–Crippen LogP) is 1.51. The zero-order valence-electron chi connectivity index (χ0n) is 8.07. The predicted molar refractivity (Wildman–Crippen MR) is 58.5 cm³/mol. The fourth-order valence-electron chi connectivity index (χ4n) is 1.34. The SMILES string of the molecule is NCc1ccc(Cc2nc(Cl)n[nH]2)cc1. The highest BCUT2D eigenvalue weighted by Crippen LogP contribution is 2.09. The summed E-state index contributed by atoms with van der Waals surface area (Å²) in [5, 5.41) is 6.77. The first-order valence-corrected chi connectivity index (χ1v) is 5.00. The van der Waals surface area contributed by atoms with E-state index in [0.29, 0.717) is 13.0 Å². The van der Waals surface area contributed by atoms with Gasteiger partial charge < -0.3 is 5.73 Å². The Bertz CT molecular complexity index is 435. The van der Waals surface area contributed by atoms with Gasteiger partial charge in [0, 0.05) is 13.0 Å². The molecule has 0 atom stereocenters. The second-order valence-electron chi connectivity index (χ2n) is 3.25. The molecule has 0 aliphatic heterocycles. The van der Waals surface area contributed by atoms with E-state index < -0.39 is 0 Å². The van der Waals surface area contributed by atoms with E-state index in [2.05, 4.69) is 15.2 Å². The van der Waals surface area contributed by atoms with Gasteiger partial charge in [0.1, 0.15) is 5.82 Å². The van der Waals surface area contributed by atoms with E-state index in [0.717, 1.165) is 17.0 Å². The quantitative estimate of drug-likeness (QED) is 0.827. The maximum absolute atomic E-state index is 5.60. The number of nitrogens with zero attached hydrogens (tertiary/aromatic N) is 2. The Balaban J connectivity index is 2.11. The van der Waals surface area contributed by atoms with Crippen LogP contribution in [0.1, 0.15) is 17.0 Å². The lowest BCUT2D eigenvalue weighted by Gasteiger charge is -1.99. The molecule has 0 saturated heterocycles. The molecular weight excluding hydrogens is 212 g/mol. The summed E-state index contributed by atoms with van der Waals surface area (Å²) < 4.78 is 0. The van der Waals surface area contributed by atoms with Crippen molar-refractivity contribution in [2.75, 3.05) is 0 Å². The number of H-pyrrole nitrogens is 1. The van der Waals surface area contributed by atoms with Gasteiger partial charge in [-0.25, -0.2) is 4.98 Å². The molecule has 0 spiro atoms. The fraction of sp³-hybridized carbons (Fsp3) is 0.200. The molecule has 2 rings (SSSR count). The molecule has 0 fully saturated rings. The second kappa shape index (κ2) is 4.42. The van der Waals surface area contributed by atoms with E-state index in [1.807, 2.05) is 24.3 Å². The average Bonchev–Trinajstić information content (AvgIpc) is 2.65. The number of rotatable bonds is 3. The first-order chi connectivity index (χ1) is 7.28. The normalized spacial score (nSPS) is 10.5. The average molecular weight is 223 g/mol. The van der Waals surface area contributed by atoms with Crippen LogP contribution < -0.4 is 5.73 Å². The van der Waals surface area contributed by atoms with Crippen molar-refractivity contribution in [3.63, 3.8) is 0 Å². The monoisotopic (exact) mass is 222 g/mol. The topological polar surface area (TPSA) is 67.6 Å². The van der Waals surface area contributed by atoms with Crippen molar-refractivity contribution in [2.24, 2.45) is 5.73 Å². The highest BCUT2D eigenvalue weighted by molar-refractivity contribution is 6.28. The molecule has 5 heteroatoms. The van der Waals surface area contributed by atoms with Crippen LogP contribution in [-0.2, 0) is 13.0 Å². The number of benzene rings is 1. The standard InChI is InChI=1S/C10H11ClN4/c11-10-13-9(14-15-10)5-7-1-3-8(6-12)4-2-7/h1-4H,5-6,12H2,(H,13,14,15). The van der Waals surface area contributed by atoms with E-state index >= 15 is 0 Å². The summed E-state index contributed by atoms with van der Waals surface area (Å²) in [4.78, 5) is 4.02. The number of hydrogen-bond donors (Lipinski definition) is 2. The summed E-state index contributed by atoms with van der Waals surface area (Å²) in [6, 6.07) is 8.07. The second-order valence-corrected chi connectivity index (χ2v) is 3.59. The summed E-state index contributed by atoms with van der Waals surface area (Å²) >= 11 is 5.60. The largest absolute Gasteiger partial charge is 0.326 e. The third-order valence-electron chi connectivity index (χ3n) is 2.13. The molecule has 0 saturated carbocycles. The van der Waals surface area contributed by atoms with Crippen molar-refractivity contribution >= 4 is 11.6 Å². The van der Waals surface area contributed by atoms with Gasteiger partial charge in [0.05, 0.1) is 0 Å². The van der Waals surface area contributed by atoms with Crippen LogP contribution in [0.5, 0.6) is 0 Å². The molecule has 3 N–H and O–H groups in total. The molecule has 1 heterocycles. The molecule has 1 aromatic heterocycles. The number of aromatic nitrogens is 3. The highest BCUT2D eigenvalue weighted by Gasteiger charge is 2.01. The number of aromatic amines is 1. The van der Waals surface area contributed by atoms with Crippen molar-refractivity contribution in [2.45, 2.75) is 13.0 Å². The molecule has 0 radical (unpaired) electrons. The Morgan fingerprint density at radius 1 is 1.20 bits per heavy atom. The van der Waals surface area contributed by atoms with Crippen molar-refractivity contribution in [1.29, 1.82) is 0 Å². The molecule has 78 valence electrons. The van der Waals surface area contributed by atoms with Crippen LogP contribution in [0, 0.1) is 0 Å². The van der Waals surface area contributed by atoms with Crippen molar-refractivity contribution in [1.82, 2.24) is 15.2 Å². The maximum atomic E-state index is 5.60. The van der Waals surface area contributed by atoms with E-state index in [9.17, 15) is 0 Å². The third kappa shape index (κ3) is 2.55. The lowest BCUT2D eigenvalue weighted by atomic mass is 10.1. The summed E-state index contributed by atoms with van der Waals surface area (Å²) in [5.41, 5.74) is 7.78. The summed E-state index contributed by atoms with van der Waals surface area (Å²) in [7, 11) is 0. The molecule has 0 aliphatic carbocycles. The van der Waals surface area contributed by atoms with Gasteiger partial charge in [-0.1, -0.05) is 24.3 Å².